The fourth-order valence-corrected chi connectivity index (χ4v) is 2.22. The zero-order valence-corrected chi connectivity index (χ0v) is 13.1. The van der Waals surface area contributed by atoms with Crippen LogP contribution in [0.5, 0.6) is 0 Å². The van der Waals surface area contributed by atoms with Gasteiger partial charge in [-0.3, -0.25) is 20.2 Å². The van der Waals surface area contributed by atoms with E-state index in [1.54, 1.807) is 0 Å². The number of hydrogen-bond donors (Lipinski definition) is 1. The third-order valence-electron chi connectivity index (χ3n) is 2.33. The number of nitro groups is 2. The molecule has 1 aromatic rings. The summed E-state index contributed by atoms with van der Waals surface area (Å²) in [5.41, 5.74) is 3.24. The molecule has 20 heavy (non-hydrogen) atoms. The first kappa shape index (κ1) is 18.9. The van der Waals surface area contributed by atoms with E-state index >= 15 is 0 Å². The number of nitrogens with zero attached hydrogens (tertiary/aromatic N) is 2. The van der Waals surface area contributed by atoms with E-state index in [1.807, 2.05) is 0 Å². The minimum atomic E-state index is -4.91. The average molecular weight is 313 g/mol. The first-order chi connectivity index (χ1) is 8.68. The van der Waals surface area contributed by atoms with Crippen LogP contribution in [0.15, 0.2) is 18.2 Å². The van der Waals surface area contributed by atoms with Gasteiger partial charge in [-0.2, -0.15) is 0 Å². The molecule has 0 aliphatic carbocycles. The minimum absolute atomic E-state index is 0. The van der Waals surface area contributed by atoms with Crippen LogP contribution in [0.25, 0.3) is 0 Å². The summed E-state index contributed by atoms with van der Waals surface area (Å²) >= 11 is 0. The summed E-state index contributed by atoms with van der Waals surface area (Å²) in [6, 6.07) is 2.31. The summed E-state index contributed by atoms with van der Waals surface area (Å²) in [5.74, 6) is 0. The first-order valence-electron chi connectivity index (χ1n) is 4.76. The van der Waals surface area contributed by atoms with Crippen LogP contribution in [0.2, 0.25) is 0 Å². The molecule has 0 radical (unpaired) electrons. The molecule has 0 bridgehead atoms. The number of rotatable bonds is 5. The third-order valence-corrected chi connectivity index (χ3v) is 3.47. The number of nitrogens with two attached hydrogens (primary N) is 1. The molecule has 104 valence electrons. The van der Waals surface area contributed by atoms with E-state index in [0.717, 1.165) is 12.1 Å². The maximum Gasteiger partial charge on any atom is 1.00 e. The molecule has 0 heterocycles. The molecule has 0 amide bonds. The van der Waals surface area contributed by atoms with Crippen molar-refractivity contribution >= 4 is 21.5 Å². The van der Waals surface area contributed by atoms with Crippen molar-refractivity contribution in [1.82, 2.24) is 0 Å². The molecule has 12 heteroatoms. The second-order valence-electron chi connectivity index (χ2n) is 3.47. The quantitative estimate of drug-likeness (QED) is 0.260. The normalized spacial score (nSPS) is 12.3. The largest absolute Gasteiger partial charge is 1.00 e. The van der Waals surface area contributed by atoms with Crippen LogP contribution >= 0.6 is 0 Å². The smallest absolute Gasteiger partial charge is 0.747 e. The molecule has 1 atom stereocenters. The molecular weight excluding hydrogens is 305 g/mol. The van der Waals surface area contributed by atoms with Crippen LogP contribution in [0.3, 0.4) is 0 Å². The topological polar surface area (TPSA) is 170 Å². The Kier molecular flexibility index (Phi) is 6.67. The maximum absolute atomic E-state index is 11.0. The molecule has 1 unspecified atom stereocenters. The van der Waals surface area contributed by atoms with E-state index < -0.39 is 48.7 Å². The Labute approximate surface area is 135 Å². The molecule has 0 aromatic heterocycles. The molecule has 0 fully saturated rings. The molecule has 2 N–H and O–H groups in total. The minimum Gasteiger partial charge on any atom is -0.747 e. The van der Waals surface area contributed by atoms with Gasteiger partial charge in [0.1, 0.15) is 10.1 Å². The molecule has 0 spiro atoms. The van der Waals surface area contributed by atoms with Gasteiger partial charge in [0, 0.05) is 18.2 Å². The van der Waals surface area contributed by atoms with Gasteiger partial charge in [-0.15, -0.1) is 0 Å². The fourth-order valence-electron chi connectivity index (χ4n) is 1.48. The first-order valence-corrected chi connectivity index (χ1v) is 6.23. The maximum atomic E-state index is 11.0. The Hall–Kier alpha value is -1.11. The van der Waals surface area contributed by atoms with Crippen molar-refractivity contribution in [2.75, 3.05) is 6.54 Å². The third kappa shape index (κ3) is 4.19. The van der Waals surface area contributed by atoms with Crippen molar-refractivity contribution < 1.29 is 52.4 Å². The Morgan fingerprint density at radius 3 is 2.10 bits per heavy atom. The predicted molar refractivity (Wildman–Crippen MR) is 61.2 cm³/mol. The number of hydrogen-bond acceptors (Lipinski definition) is 8. The van der Waals surface area contributed by atoms with Gasteiger partial charge >= 0.3 is 29.6 Å². The summed E-state index contributed by atoms with van der Waals surface area (Å²) in [7, 11) is -4.91. The molecular formula is C8H8N3NaO7S. The monoisotopic (exact) mass is 313 g/mol. The van der Waals surface area contributed by atoms with Gasteiger partial charge in [-0.1, -0.05) is 0 Å². The van der Waals surface area contributed by atoms with Crippen LogP contribution in [-0.2, 0) is 10.1 Å². The van der Waals surface area contributed by atoms with E-state index in [9.17, 15) is 33.2 Å². The number of nitro benzene ring substituents is 2. The van der Waals surface area contributed by atoms with E-state index in [4.69, 9.17) is 5.73 Å². The van der Waals surface area contributed by atoms with Gasteiger partial charge in [0.2, 0.25) is 0 Å². The summed E-state index contributed by atoms with van der Waals surface area (Å²) < 4.78 is 32.9. The Morgan fingerprint density at radius 1 is 1.20 bits per heavy atom. The molecule has 10 nitrogen and oxygen atoms in total. The van der Waals surface area contributed by atoms with Crippen molar-refractivity contribution in [3.05, 3.63) is 44.0 Å². The van der Waals surface area contributed by atoms with Crippen molar-refractivity contribution in [1.29, 1.82) is 0 Å². The molecule has 1 aromatic carbocycles. The van der Waals surface area contributed by atoms with E-state index in [1.165, 1.54) is 0 Å². The zero-order valence-electron chi connectivity index (χ0n) is 10.3. The van der Waals surface area contributed by atoms with E-state index in [2.05, 4.69) is 0 Å². The van der Waals surface area contributed by atoms with Crippen LogP contribution in [-0.4, -0.2) is 29.4 Å². The predicted octanol–water partition coefficient (Wildman–Crippen LogP) is -2.95. The van der Waals surface area contributed by atoms with Gasteiger partial charge < -0.3 is 10.3 Å². The SMILES string of the molecule is NCC(c1ccc([N+](=O)[O-])cc1[N+](=O)[O-])S(=O)(=O)[O-].[Na+]. The van der Waals surface area contributed by atoms with Crippen LogP contribution < -0.4 is 35.3 Å². The number of non-ortho nitro benzene ring substituents is 1. The Balaban J connectivity index is 0.00000361. The molecule has 0 saturated carbocycles. The van der Waals surface area contributed by atoms with Gasteiger partial charge in [-0.05, 0) is 6.07 Å². The fraction of sp³-hybridized carbons (Fsp3) is 0.250. The van der Waals surface area contributed by atoms with Crippen molar-refractivity contribution in [3.8, 4) is 0 Å². The van der Waals surface area contributed by atoms with Gasteiger partial charge in [0.15, 0.2) is 0 Å². The molecule has 0 aliphatic rings. The van der Waals surface area contributed by atoms with Gasteiger partial charge in [-0.25, -0.2) is 8.42 Å². The molecule has 0 aliphatic heterocycles. The molecule has 1 rings (SSSR count). The summed E-state index contributed by atoms with van der Waals surface area (Å²) in [5, 5.41) is 19.5. The Morgan fingerprint density at radius 2 is 1.75 bits per heavy atom. The van der Waals surface area contributed by atoms with Gasteiger partial charge in [0.05, 0.1) is 21.2 Å². The second kappa shape index (κ2) is 7.06. The summed E-state index contributed by atoms with van der Waals surface area (Å²) in [6.07, 6.45) is 0. The van der Waals surface area contributed by atoms with E-state index in [-0.39, 0.29) is 29.6 Å². The van der Waals surface area contributed by atoms with E-state index in [0.29, 0.717) is 6.07 Å². The van der Waals surface area contributed by atoms with Gasteiger partial charge in [0.25, 0.3) is 11.4 Å². The van der Waals surface area contributed by atoms with Crippen LogP contribution in [0, 0.1) is 20.2 Å². The number of benzene rings is 1. The summed E-state index contributed by atoms with van der Waals surface area (Å²) in [6.45, 7) is -0.662. The van der Waals surface area contributed by atoms with Crippen molar-refractivity contribution in [2.45, 2.75) is 5.25 Å². The van der Waals surface area contributed by atoms with Crippen molar-refractivity contribution in [2.24, 2.45) is 5.73 Å². The zero-order chi connectivity index (χ0) is 14.8. The average Bonchev–Trinajstić information content (AvgIpc) is 2.27. The van der Waals surface area contributed by atoms with Crippen LogP contribution in [0.1, 0.15) is 10.8 Å². The molecule has 0 saturated heterocycles. The second-order valence-corrected chi connectivity index (χ2v) is 5.03. The Bertz CT molecular complexity index is 633. The van der Waals surface area contributed by atoms with Crippen molar-refractivity contribution in [3.63, 3.8) is 0 Å². The summed E-state index contributed by atoms with van der Waals surface area (Å²) in [4.78, 5) is 19.4. The van der Waals surface area contributed by atoms with Crippen LogP contribution in [0.4, 0.5) is 11.4 Å². The standard InChI is InChI=1S/C8H9N3O7S.Na/c9-4-8(19(16,17)18)6-2-1-5(10(12)13)3-7(6)11(14)15;/h1-3,8H,4,9H2,(H,16,17,18);/q;+1/p-1.